The molecule has 0 atom stereocenters. The first-order chi connectivity index (χ1) is 13.5. The molecule has 28 heavy (non-hydrogen) atoms. The van der Waals surface area contributed by atoms with E-state index in [1.165, 1.54) is 17.3 Å². The topological polar surface area (TPSA) is 55.1 Å². The quantitative estimate of drug-likeness (QED) is 0.376. The van der Waals surface area contributed by atoms with Crippen LogP contribution in [0.3, 0.4) is 0 Å². The molecule has 0 unspecified atom stereocenters. The van der Waals surface area contributed by atoms with Gasteiger partial charge in [-0.1, -0.05) is 61.8 Å². The Balaban J connectivity index is 1.66. The number of carbonyl (C=O) groups excluding carboxylic acids is 1. The first-order valence-electron chi connectivity index (χ1n) is 8.74. The predicted molar refractivity (Wildman–Crippen MR) is 117 cm³/mol. The zero-order valence-electron chi connectivity index (χ0n) is 15.3. The number of thiocarbonyl (C=S) groups is 1. The molecule has 1 N–H and O–H groups in total. The molecule has 1 amide bonds. The molecular formula is C22H16N2O2S2. The van der Waals surface area contributed by atoms with Crippen LogP contribution in [0.25, 0.3) is 17.0 Å². The number of thioether (sulfide) groups is 1. The number of rotatable bonds is 2. The third-order valence-electron chi connectivity index (χ3n) is 4.28. The van der Waals surface area contributed by atoms with Crippen LogP contribution in [-0.4, -0.2) is 15.2 Å². The molecular weight excluding hydrogens is 388 g/mol. The van der Waals surface area contributed by atoms with E-state index in [1.54, 1.807) is 18.5 Å². The monoisotopic (exact) mass is 404 g/mol. The molecule has 1 aliphatic heterocycles. The van der Waals surface area contributed by atoms with E-state index in [-0.39, 0.29) is 5.91 Å². The van der Waals surface area contributed by atoms with E-state index < -0.39 is 0 Å². The van der Waals surface area contributed by atoms with Gasteiger partial charge in [-0.3, -0.25) is 9.78 Å². The zero-order chi connectivity index (χ0) is 19.7. The summed E-state index contributed by atoms with van der Waals surface area (Å²) in [6, 6.07) is 10.1. The average molecular weight is 405 g/mol. The molecule has 3 aromatic rings. The van der Waals surface area contributed by atoms with E-state index in [2.05, 4.69) is 48.1 Å². The number of hydrogen-bond acceptors (Lipinski definition) is 5. The number of carbonyl (C=O) groups is 1. The summed E-state index contributed by atoms with van der Waals surface area (Å²) in [5.41, 5.74) is 3.57. The van der Waals surface area contributed by atoms with Gasteiger partial charge in [-0.2, -0.15) is 0 Å². The Morgan fingerprint density at radius 2 is 2.00 bits per heavy atom. The first kappa shape index (κ1) is 18.5. The highest BCUT2D eigenvalue weighted by Gasteiger charge is 2.22. The van der Waals surface area contributed by atoms with Gasteiger partial charge in [0.05, 0.1) is 10.5 Å². The average Bonchev–Trinajstić information content (AvgIpc) is 3.22. The maximum absolute atomic E-state index is 11.8. The van der Waals surface area contributed by atoms with Crippen molar-refractivity contribution in [2.75, 3.05) is 0 Å². The van der Waals surface area contributed by atoms with Gasteiger partial charge in [-0.15, -0.1) is 0 Å². The molecule has 3 heterocycles. The summed E-state index contributed by atoms with van der Waals surface area (Å²) in [6.45, 7) is 4.33. The van der Waals surface area contributed by atoms with E-state index in [1.807, 2.05) is 18.2 Å². The summed E-state index contributed by atoms with van der Waals surface area (Å²) < 4.78 is 6.38. The maximum Gasteiger partial charge on any atom is 0.263 e. The SMILES string of the molecule is CC(C)c1ccc(C#Cc2cncc3cc(/C=C4/SC(=S)NC4=O)oc23)cc1. The number of hydrogen-bond donors (Lipinski definition) is 1. The van der Waals surface area contributed by atoms with Crippen molar-refractivity contribution in [1.82, 2.24) is 10.3 Å². The summed E-state index contributed by atoms with van der Waals surface area (Å²) in [5, 5.41) is 3.43. The molecule has 2 aromatic heterocycles. The summed E-state index contributed by atoms with van der Waals surface area (Å²) in [6.07, 6.45) is 5.08. The van der Waals surface area contributed by atoms with Crippen LogP contribution in [0.5, 0.6) is 0 Å². The second-order valence-corrected chi connectivity index (χ2v) is 8.35. The Labute approximate surface area is 172 Å². The van der Waals surface area contributed by atoms with Crippen molar-refractivity contribution >= 4 is 51.3 Å². The lowest BCUT2D eigenvalue weighted by molar-refractivity contribution is -0.115. The van der Waals surface area contributed by atoms with Crippen LogP contribution in [0.2, 0.25) is 0 Å². The Morgan fingerprint density at radius 3 is 2.68 bits per heavy atom. The van der Waals surface area contributed by atoms with E-state index >= 15 is 0 Å². The van der Waals surface area contributed by atoms with Gasteiger partial charge in [0.2, 0.25) is 0 Å². The van der Waals surface area contributed by atoms with Crippen molar-refractivity contribution in [3.05, 3.63) is 70.1 Å². The third kappa shape index (κ3) is 3.86. The van der Waals surface area contributed by atoms with Gasteiger partial charge in [0.1, 0.15) is 10.1 Å². The maximum atomic E-state index is 11.8. The van der Waals surface area contributed by atoms with Gasteiger partial charge in [0.15, 0.2) is 5.58 Å². The molecule has 4 rings (SSSR count). The number of aromatic nitrogens is 1. The van der Waals surface area contributed by atoms with Crippen LogP contribution in [0, 0.1) is 11.8 Å². The molecule has 1 fully saturated rings. The predicted octanol–water partition coefficient (Wildman–Crippen LogP) is 4.84. The smallest absolute Gasteiger partial charge is 0.263 e. The molecule has 0 saturated carbocycles. The van der Waals surface area contributed by atoms with Crippen molar-refractivity contribution in [2.45, 2.75) is 19.8 Å². The third-order valence-corrected chi connectivity index (χ3v) is 5.44. The fourth-order valence-electron chi connectivity index (χ4n) is 2.78. The van der Waals surface area contributed by atoms with Crippen molar-refractivity contribution in [3.63, 3.8) is 0 Å². The largest absolute Gasteiger partial charge is 0.455 e. The lowest BCUT2D eigenvalue weighted by atomic mass is 10.0. The van der Waals surface area contributed by atoms with Crippen LogP contribution in [-0.2, 0) is 4.79 Å². The number of benzene rings is 1. The number of nitrogens with one attached hydrogen (secondary N) is 1. The first-order valence-corrected chi connectivity index (χ1v) is 9.96. The van der Waals surface area contributed by atoms with E-state index in [0.717, 1.165) is 10.9 Å². The fraction of sp³-hybridized carbons (Fsp3) is 0.136. The van der Waals surface area contributed by atoms with Crippen LogP contribution >= 0.6 is 24.0 Å². The number of nitrogens with zero attached hydrogens (tertiary/aromatic N) is 1. The molecule has 1 aromatic carbocycles. The normalized spacial score (nSPS) is 15.2. The lowest BCUT2D eigenvalue weighted by Gasteiger charge is -2.03. The second kappa shape index (κ2) is 7.63. The lowest BCUT2D eigenvalue weighted by Crippen LogP contribution is -2.17. The number of pyridine rings is 1. The Kier molecular flexibility index (Phi) is 5.03. The van der Waals surface area contributed by atoms with E-state index in [4.69, 9.17) is 16.6 Å². The van der Waals surface area contributed by atoms with Crippen LogP contribution in [0.1, 0.15) is 42.2 Å². The van der Waals surface area contributed by atoms with Gasteiger partial charge in [0, 0.05) is 29.4 Å². The van der Waals surface area contributed by atoms with Crippen molar-refractivity contribution in [2.24, 2.45) is 0 Å². The van der Waals surface area contributed by atoms with Crippen LogP contribution < -0.4 is 5.32 Å². The van der Waals surface area contributed by atoms with E-state index in [9.17, 15) is 4.79 Å². The molecule has 0 radical (unpaired) electrons. The number of furan rings is 1. The minimum absolute atomic E-state index is 0.210. The van der Waals surface area contributed by atoms with E-state index in [0.29, 0.717) is 32.1 Å². The van der Waals surface area contributed by atoms with Gasteiger partial charge in [-0.25, -0.2) is 0 Å². The highest BCUT2D eigenvalue weighted by molar-refractivity contribution is 8.26. The number of amides is 1. The minimum atomic E-state index is -0.210. The summed E-state index contributed by atoms with van der Waals surface area (Å²) >= 11 is 6.23. The highest BCUT2D eigenvalue weighted by Crippen LogP contribution is 2.29. The molecule has 0 aliphatic carbocycles. The Hall–Kier alpha value is -2.88. The molecule has 0 bridgehead atoms. The molecule has 1 aliphatic rings. The zero-order valence-corrected chi connectivity index (χ0v) is 16.9. The van der Waals surface area contributed by atoms with Crippen molar-refractivity contribution in [3.8, 4) is 11.8 Å². The molecule has 4 nitrogen and oxygen atoms in total. The second-order valence-electron chi connectivity index (χ2n) is 6.63. The molecule has 6 heteroatoms. The van der Waals surface area contributed by atoms with Crippen molar-refractivity contribution in [1.29, 1.82) is 0 Å². The summed E-state index contributed by atoms with van der Waals surface area (Å²) in [4.78, 5) is 16.6. The van der Waals surface area contributed by atoms with Gasteiger partial charge in [-0.05, 0) is 29.7 Å². The molecule has 1 saturated heterocycles. The standard InChI is InChI=1S/C22H16N2O2S2/c1-13(2)15-6-3-14(4-7-15)5-8-16-11-23-12-17-9-18(26-20(16)17)10-19-21(25)24-22(27)28-19/h3-4,6-7,9-13H,1-2H3,(H,24,25,27)/b19-10+. The molecule has 0 spiro atoms. The van der Waals surface area contributed by atoms with Crippen molar-refractivity contribution < 1.29 is 9.21 Å². The Bertz CT molecular complexity index is 1180. The highest BCUT2D eigenvalue weighted by atomic mass is 32.2. The summed E-state index contributed by atoms with van der Waals surface area (Å²) in [5.74, 6) is 7.15. The van der Waals surface area contributed by atoms with Crippen LogP contribution in [0.4, 0.5) is 0 Å². The summed E-state index contributed by atoms with van der Waals surface area (Å²) in [7, 11) is 0. The van der Waals surface area contributed by atoms with Gasteiger partial charge < -0.3 is 9.73 Å². The van der Waals surface area contributed by atoms with Gasteiger partial charge in [0.25, 0.3) is 5.91 Å². The van der Waals surface area contributed by atoms with Gasteiger partial charge >= 0.3 is 0 Å². The minimum Gasteiger partial charge on any atom is -0.455 e. The molecule has 138 valence electrons. The Morgan fingerprint density at radius 1 is 1.21 bits per heavy atom. The van der Waals surface area contributed by atoms with Crippen LogP contribution in [0.15, 0.2) is 52.0 Å². The fourth-order valence-corrected chi connectivity index (χ4v) is 3.81. The number of fused-ring (bicyclic) bond motifs is 1.